The molecule has 1 heterocycles. The van der Waals surface area contributed by atoms with Crippen molar-refractivity contribution in [2.24, 2.45) is 19.5 Å². The average Bonchev–Trinajstić information content (AvgIpc) is 2.42. The highest BCUT2D eigenvalue weighted by atomic mass is 16.2. The molecule has 1 rings (SSSR count). The number of nitrogens with zero attached hydrogens (tertiary/aromatic N) is 2. The molecule has 1 aromatic heterocycles. The number of hydrogen-bond acceptors (Lipinski definition) is 3. The Morgan fingerprint density at radius 2 is 1.81 bits per heavy atom. The van der Waals surface area contributed by atoms with Crippen LogP contribution in [0.15, 0.2) is 15.7 Å². The lowest BCUT2D eigenvalue weighted by atomic mass is 9.87. The third-order valence-electron chi connectivity index (χ3n) is 3.99. The quantitative estimate of drug-likeness (QED) is 0.744. The van der Waals surface area contributed by atoms with Gasteiger partial charge in [0, 0.05) is 38.9 Å². The van der Waals surface area contributed by atoms with Gasteiger partial charge in [-0.25, -0.2) is 4.79 Å². The predicted molar refractivity (Wildman–Crippen MR) is 86.6 cm³/mol. The molecule has 1 N–H and O–H groups in total. The fourth-order valence-electron chi connectivity index (χ4n) is 2.42. The molecule has 0 saturated heterocycles. The van der Waals surface area contributed by atoms with Crippen molar-refractivity contribution in [2.75, 3.05) is 6.54 Å². The molecule has 0 bridgehead atoms. The molecule has 21 heavy (non-hydrogen) atoms. The van der Waals surface area contributed by atoms with Crippen LogP contribution in [0.1, 0.15) is 52.1 Å². The van der Waals surface area contributed by atoms with Gasteiger partial charge in [-0.1, -0.05) is 40.0 Å². The van der Waals surface area contributed by atoms with Crippen molar-refractivity contribution < 1.29 is 0 Å². The monoisotopic (exact) mass is 295 g/mol. The fraction of sp³-hybridized carbons (Fsp3) is 0.750. The Balaban J connectivity index is 2.61. The van der Waals surface area contributed by atoms with Gasteiger partial charge in [-0.3, -0.25) is 13.9 Å². The maximum atomic E-state index is 11.8. The first-order chi connectivity index (χ1) is 9.78. The first kappa shape index (κ1) is 17.7. The minimum absolute atomic E-state index is 0.230. The van der Waals surface area contributed by atoms with E-state index in [-0.39, 0.29) is 16.7 Å². The van der Waals surface area contributed by atoms with E-state index < -0.39 is 0 Å². The van der Waals surface area contributed by atoms with E-state index in [0.717, 1.165) is 16.8 Å². The topological polar surface area (TPSA) is 56.0 Å². The van der Waals surface area contributed by atoms with Crippen LogP contribution < -0.4 is 16.6 Å². The second-order valence-electron chi connectivity index (χ2n) is 6.60. The maximum absolute atomic E-state index is 11.8. The van der Waals surface area contributed by atoms with E-state index >= 15 is 0 Å². The van der Waals surface area contributed by atoms with Gasteiger partial charge in [-0.05, 0) is 11.8 Å². The summed E-state index contributed by atoms with van der Waals surface area (Å²) in [6, 6.07) is 1.53. The smallest absolute Gasteiger partial charge is 0.311 e. The molecule has 0 aliphatic carbocycles. The molecule has 0 aliphatic rings. The fourth-order valence-corrected chi connectivity index (χ4v) is 2.42. The van der Waals surface area contributed by atoms with Crippen molar-refractivity contribution in [2.45, 2.75) is 53.0 Å². The van der Waals surface area contributed by atoms with Crippen LogP contribution in [0.2, 0.25) is 0 Å². The minimum Gasteiger partial charge on any atom is -0.311 e. The summed E-state index contributed by atoms with van der Waals surface area (Å²) in [6.45, 7) is 8.12. The average molecular weight is 295 g/mol. The Bertz CT molecular complexity index is 570. The number of rotatable bonds is 8. The largest absolute Gasteiger partial charge is 0.330 e. The van der Waals surface area contributed by atoms with E-state index in [2.05, 4.69) is 26.1 Å². The summed E-state index contributed by atoms with van der Waals surface area (Å²) >= 11 is 0. The lowest BCUT2D eigenvalue weighted by molar-refractivity contribution is 0.300. The van der Waals surface area contributed by atoms with Crippen LogP contribution in [0.3, 0.4) is 0 Å². The molecule has 0 radical (unpaired) electrons. The Hall–Kier alpha value is -1.36. The molecule has 5 heteroatoms. The molecule has 0 atom stereocenters. The molecule has 120 valence electrons. The summed E-state index contributed by atoms with van der Waals surface area (Å²) in [5.74, 6) is 0. The predicted octanol–water partition coefficient (Wildman–Crippen LogP) is 1.78. The number of hydrogen-bond donors (Lipinski definition) is 1. The van der Waals surface area contributed by atoms with Crippen LogP contribution in [-0.2, 0) is 20.6 Å². The normalized spacial score (nSPS) is 11.9. The first-order valence-electron chi connectivity index (χ1n) is 7.75. The van der Waals surface area contributed by atoms with Gasteiger partial charge in [-0.2, -0.15) is 0 Å². The van der Waals surface area contributed by atoms with E-state index in [0.29, 0.717) is 6.54 Å². The second-order valence-corrected chi connectivity index (χ2v) is 6.60. The zero-order valence-electron chi connectivity index (χ0n) is 14.0. The Kier molecular flexibility index (Phi) is 6.40. The molecule has 0 unspecified atom stereocenters. The van der Waals surface area contributed by atoms with Gasteiger partial charge in [0.2, 0.25) is 0 Å². The van der Waals surface area contributed by atoms with Crippen LogP contribution >= 0.6 is 0 Å². The molecule has 0 aromatic carbocycles. The van der Waals surface area contributed by atoms with Crippen molar-refractivity contribution in [1.82, 2.24) is 14.5 Å². The molecule has 0 spiro atoms. The van der Waals surface area contributed by atoms with Crippen molar-refractivity contribution in [3.8, 4) is 0 Å². The molecular weight excluding hydrogens is 266 g/mol. The van der Waals surface area contributed by atoms with Gasteiger partial charge in [0.1, 0.15) is 0 Å². The van der Waals surface area contributed by atoms with E-state index in [1.807, 2.05) is 0 Å². The van der Waals surface area contributed by atoms with Gasteiger partial charge < -0.3 is 5.32 Å². The van der Waals surface area contributed by atoms with Crippen molar-refractivity contribution >= 4 is 0 Å². The summed E-state index contributed by atoms with van der Waals surface area (Å²) in [4.78, 5) is 23.5. The molecule has 0 fully saturated rings. The highest BCUT2D eigenvalue weighted by Gasteiger charge is 2.17. The first-order valence-corrected chi connectivity index (χ1v) is 7.75. The van der Waals surface area contributed by atoms with Crippen molar-refractivity contribution in [3.05, 3.63) is 32.6 Å². The van der Waals surface area contributed by atoms with Crippen LogP contribution in [0.25, 0.3) is 0 Å². The third kappa shape index (κ3) is 5.16. The lowest BCUT2D eigenvalue weighted by Crippen LogP contribution is -2.39. The zero-order valence-corrected chi connectivity index (χ0v) is 14.0. The lowest BCUT2D eigenvalue weighted by Gasteiger charge is -2.25. The Morgan fingerprint density at radius 3 is 2.43 bits per heavy atom. The molecule has 0 aliphatic heterocycles. The summed E-state index contributed by atoms with van der Waals surface area (Å²) in [5, 5.41) is 3.38. The SMILES string of the molecule is CCCCCC(C)(C)CNCc1cc(=O)n(C)c(=O)n1C. The van der Waals surface area contributed by atoms with Gasteiger partial charge in [0.05, 0.1) is 0 Å². The number of aromatic nitrogens is 2. The van der Waals surface area contributed by atoms with E-state index in [4.69, 9.17) is 0 Å². The standard InChI is InChI=1S/C16H29N3O2/c1-6-7-8-9-16(2,3)12-17-11-13-10-14(20)19(5)15(21)18(13)4/h10,17H,6-9,11-12H2,1-5H3. The summed E-state index contributed by atoms with van der Waals surface area (Å²) in [5.41, 5.74) is 0.430. The van der Waals surface area contributed by atoms with Crippen LogP contribution in [-0.4, -0.2) is 15.7 Å². The molecule has 0 saturated carbocycles. The number of unbranched alkanes of at least 4 members (excludes halogenated alkanes) is 2. The van der Waals surface area contributed by atoms with Crippen molar-refractivity contribution in [1.29, 1.82) is 0 Å². The van der Waals surface area contributed by atoms with Crippen LogP contribution in [0.5, 0.6) is 0 Å². The third-order valence-corrected chi connectivity index (χ3v) is 3.99. The zero-order chi connectivity index (χ0) is 16.0. The summed E-state index contributed by atoms with van der Waals surface area (Å²) in [6.07, 6.45) is 4.93. The Labute approximate surface area is 127 Å². The highest BCUT2D eigenvalue weighted by Crippen LogP contribution is 2.22. The van der Waals surface area contributed by atoms with Gasteiger partial charge in [0.15, 0.2) is 0 Å². The number of nitrogens with one attached hydrogen (secondary N) is 1. The second kappa shape index (κ2) is 7.59. The summed E-state index contributed by atoms with van der Waals surface area (Å²) < 4.78 is 2.65. The minimum atomic E-state index is -0.276. The van der Waals surface area contributed by atoms with Crippen LogP contribution in [0.4, 0.5) is 0 Å². The van der Waals surface area contributed by atoms with Crippen molar-refractivity contribution in [3.63, 3.8) is 0 Å². The van der Waals surface area contributed by atoms with Gasteiger partial charge >= 0.3 is 5.69 Å². The van der Waals surface area contributed by atoms with E-state index in [1.54, 1.807) is 7.05 Å². The molecule has 5 nitrogen and oxygen atoms in total. The highest BCUT2D eigenvalue weighted by molar-refractivity contribution is 5.01. The van der Waals surface area contributed by atoms with Crippen LogP contribution in [0, 0.1) is 5.41 Å². The molecule has 1 aromatic rings. The maximum Gasteiger partial charge on any atom is 0.330 e. The van der Waals surface area contributed by atoms with Gasteiger partial charge in [0.25, 0.3) is 5.56 Å². The molecule has 0 amide bonds. The van der Waals surface area contributed by atoms with Gasteiger partial charge in [-0.15, -0.1) is 0 Å². The molecular formula is C16H29N3O2. The van der Waals surface area contributed by atoms with E-state index in [9.17, 15) is 9.59 Å². The Morgan fingerprint density at radius 1 is 1.14 bits per heavy atom. The van der Waals surface area contributed by atoms with E-state index in [1.165, 1.54) is 43.4 Å². The summed E-state index contributed by atoms with van der Waals surface area (Å²) in [7, 11) is 3.20.